The van der Waals surface area contributed by atoms with Crippen LogP contribution in [0.15, 0.2) is 0 Å². The van der Waals surface area contributed by atoms with Gasteiger partial charge in [0.25, 0.3) is 0 Å². The fourth-order valence-electron chi connectivity index (χ4n) is 0.471. The molecule has 1 fully saturated rings. The number of nitrogens with zero attached hydrogens (tertiary/aromatic N) is 1. The number of cyclic esters (lactones) is 1. The molecule has 0 aromatic carbocycles. The van der Waals surface area contributed by atoms with Crippen molar-refractivity contribution >= 4 is 6.09 Å². The highest BCUT2D eigenvalue weighted by molar-refractivity contribution is 5.68. The van der Waals surface area contributed by atoms with E-state index >= 15 is 0 Å². The molecule has 0 saturated carbocycles. The summed E-state index contributed by atoms with van der Waals surface area (Å²) in [5.41, 5.74) is 0. The largest absolute Gasteiger partial charge is 0.448 e. The molecule has 1 heterocycles. The minimum absolute atomic E-state index is 0. The van der Waals surface area contributed by atoms with Crippen molar-refractivity contribution < 1.29 is 9.53 Å². The van der Waals surface area contributed by atoms with Gasteiger partial charge in [0.15, 0.2) is 0 Å². The lowest BCUT2D eigenvalue weighted by Crippen LogP contribution is -2.17. The van der Waals surface area contributed by atoms with Gasteiger partial charge in [0.1, 0.15) is 6.61 Å². The van der Waals surface area contributed by atoms with Crippen LogP contribution in [0.4, 0.5) is 4.79 Å². The molecule has 0 aromatic rings. The van der Waals surface area contributed by atoms with Gasteiger partial charge in [-0.1, -0.05) is 0 Å². The Morgan fingerprint density at radius 1 is 1.75 bits per heavy atom. The molecule has 4 nitrogen and oxygen atoms in total. The summed E-state index contributed by atoms with van der Waals surface area (Å²) in [5, 5.41) is 0. The number of hydrogen-bond donors (Lipinski definition) is 1. The first-order valence-corrected chi connectivity index (χ1v) is 2.18. The first-order valence-electron chi connectivity index (χ1n) is 2.18. The van der Waals surface area contributed by atoms with E-state index in [1.54, 1.807) is 11.9 Å². The Bertz CT molecular complexity index is 94.0. The summed E-state index contributed by atoms with van der Waals surface area (Å²) in [6.07, 6.45) is -0.208. The number of carbonyl (C=O) groups excluding carboxylic acids is 1. The van der Waals surface area contributed by atoms with Crippen molar-refractivity contribution in [1.29, 1.82) is 0 Å². The second kappa shape index (κ2) is 2.52. The van der Waals surface area contributed by atoms with E-state index in [4.69, 9.17) is 0 Å². The van der Waals surface area contributed by atoms with Crippen molar-refractivity contribution in [1.82, 2.24) is 11.1 Å². The number of rotatable bonds is 0. The molecule has 8 heavy (non-hydrogen) atoms. The van der Waals surface area contributed by atoms with Crippen LogP contribution in [0.25, 0.3) is 0 Å². The first-order chi connectivity index (χ1) is 3.30. The van der Waals surface area contributed by atoms with E-state index in [9.17, 15) is 4.79 Å². The molecular formula is C4H10N2O2. The van der Waals surface area contributed by atoms with Crippen LogP contribution in [-0.2, 0) is 4.74 Å². The van der Waals surface area contributed by atoms with Gasteiger partial charge in [-0.2, -0.15) is 0 Å². The Balaban J connectivity index is 0.000000490. The molecule has 0 bridgehead atoms. The smallest absolute Gasteiger partial charge is 0.409 e. The van der Waals surface area contributed by atoms with Crippen molar-refractivity contribution in [2.45, 2.75) is 0 Å². The predicted molar refractivity (Wildman–Crippen MR) is 29.0 cm³/mol. The van der Waals surface area contributed by atoms with E-state index in [-0.39, 0.29) is 12.2 Å². The van der Waals surface area contributed by atoms with E-state index in [1.807, 2.05) is 0 Å². The van der Waals surface area contributed by atoms with Gasteiger partial charge in [0.05, 0.1) is 6.54 Å². The summed E-state index contributed by atoms with van der Waals surface area (Å²) in [6, 6.07) is 0. The van der Waals surface area contributed by atoms with E-state index in [0.717, 1.165) is 6.54 Å². The molecule has 1 amide bonds. The average molecular weight is 118 g/mol. The summed E-state index contributed by atoms with van der Waals surface area (Å²) in [5.74, 6) is 0. The quantitative estimate of drug-likeness (QED) is 0.495. The van der Waals surface area contributed by atoms with Gasteiger partial charge in [0.2, 0.25) is 0 Å². The molecule has 3 N–H and O–H groups in total. The predicted octanol–water partition coefficient (Wildman–Crippen LogP) is 0.230. The lowest BCUT2D eigenvalue weighted by atomic mass is 10.7. The van der Waals surface area contributed by atoms with Gasteiger partial charge in [-0.25, -0.2) is 4.79 Å². The number of carbonyl (C=O) groups is 1. The third kappa shape index (κ3) is 1.10. The normalized spacial score (nSPS) is 17.6. The Morgan fingerprint density at radius 3 is 2.50 bits per heavy atom. The highest BCUT2D eigenvalue weighted by Gasteiger charge is 2.15. The zero-order valence-corrected chi connectivity index (χ0v) is 4.89. The molecule has 1 rings (SSSR count). The third-order valence-electron chi connectivity index (χ3n) is 0.964. The van der Waals surface area contributed by atoms with Gasteiger partial charge in [0, 0.05) is 7.05 Å². The summed E-state index contributed by atoms with van der Waals surface area (Å²) in [4.78, 5) is 11.8. The standard InChI is InChI=1S/C4H7NO2.H3N/c1-5-2-3-7-4(5)6;/h2-3H2,1H3;1H3. The monoisotopic (exact) mass is 118 g/mol. The highest BCUT2D eigenvalue weighted by atomic mass is 16.6. The van der Waals surface area contributed by atoms with Crippen molar-refractivity contribution in [3.63, 3.8) is 0 Å². The van der Waals surface area contributed by atoms with Crippen LogP contribution in [0.3, 0.4) is 0 Å². The molecule has 1 aliphatic rings. The summed E-state index contributed by atoms with van der Waals surface area (Å²) < 4.78 is 4.55. The van der Waals surface area contributed by atoms with Crippen LogP contribution in [0, 0.1) is 0 Å². The van der Waals surface area contributed by atoms with Gasteiger partial charge >= 0.3 is 6.09 Å². The molecule has 0 unspecified atom stereocenters. The lowest BCUT2D eigenvalue weighted by molar-refractivity contribution is 0.163. The molecule has 48 valence electrons. The van der Waals surface area contributed by atoms with Crippen molar-refractivity contribution in [3.8, 4) is 0 Å². The highest BCUT2D eigenvalue weighted by Crippen LogP contribution is 1.96. The zero-order chi connectivity index (χ0) is 5.28. The summed E-state index contributed by atoms with van der Waals surface area (Å²) >= 11 is 0. The molecule has 0 aliphatic carbocycles. The topological polar surface area (TPSA) is 64.5 Å². The van der Waals surface area contributed by atoms with E-state index in [0.29, 0.717) is 6.61 Å². The second-order valence-corrected chi connectivity index (χ2v) is 1.54. The lowest BCUT2D eigenvalue weighted by Gasteiger charge is -1.98. The zero-order valence-electron chi connectivity index (χ0n) is 4.89. The molecular weight excluding hydrogens is 108 g/mol. The van der Waals surface area contributed by atoms with Gasteiger partial charge in [-0.05, 0) is 0 Å². The van der Waals surface area contributed by atoms with Crippen LogP contribution in [-0.4, -0.2) is 31.2 Å². The molecule has 0 radical (unpaired) electrons. The van der Waals surface area contributed by atoms with Gasteiger partial charge in [-0.15, -0.1) is 0 Å². The average Bonchev–Trinajstić information content (AvgIpc) is 1.91. The molecule has 1 aliphatic heterocycles. The number of ether oxygens (including phenoxy) is 1. The van der Waals surface area contributed by atoms with Crippen LogP contribution in [0.1, 0.15) is 0 Å². The van der Waals surface area contributed by atoms with Crippen LogP contribution in [0.5, 0.6) is 0 Å². The summed E-state index contributed by atoms with van der Waals surface area (Å²) in [7, 11) is 1.72. The minimum Gasteiger partial charge on any atom is -0.448 e. The van der Waals surface area contributed by atoms with Crippen molar-refractivity contribution in [2.24, 2.45) is 0 Å². The van der Waals surface area contributed by atoms with Gasteiger partial charge in [-0.3, -0.25) is 0 Å². The SMILES string of the molecule is CN1CCOC1=O.N. The molecule has 0 spiro atoms. The van der Waals surface area contributed by atoms with Crippen molar-refractivity contribution in [2.75, 3.05) is 20.2 Å². The number of amides is 1. The number of likely N-dealkylation sites (N-methyl/N-ethyl adjacent to an activating group) is 1. The Morgan fingerprint density at radius 2 is 2.38 bits per heavy atom. The summed E-state index contributed by atoms with van der Waals surface area (Å²) in [6.45, 7) is 1.29. The van der Waals surface area contributed by atoms with Crippen molar-refractivity contribution in [3.05, 3.63) is 0 Å². The molecule has 1 saturated heterocycles. The minimum atomic E-state index is -0.208. The second-order valence-electron chi connectivity index (χ2n) is 1.54. The fourth-order valence-corrected chi connectivity index (χ4v) is 0.471. The maximum Gasteiger partial charge on any atom is 0.409 e. The van der Waals surface area contributed by atoms with E-state index < -0.39 is 0 Å². The molecule has 0 aromatic heterocycles. The Labute approximate surface area is 48.0 Å². The maximum absolute atomic E-state index is 10.3. The maximum atomic E-state index is 10.3. The first kappa shape index (κ1) is 7.23. The fraction of sp³-hybridized carbons (Fsp3) is 0.750. The number of hydrogen-bond acceptors (Lipinski definition) is 3. The Kier molecular flexibility index (Phi) is 2.27. The van der Waals surface area contributed by atoms with Crippen LogP contribution < -0.4 is 6.15 Å². The van der Waals surface area contributed by atoms with Crippen LogP contribution in [0.2, 0.25) is 0 Å². The third-order valence-corrected chi connectivity index (χ3v) is 0.964. The van der Waals surface area contributed by atoms with Gasteiger partial charge < -0.3 is 15.8 Å². The van der Waals surface area contributed by atoms with E-state index in [1.165, 1.54) is 0 Å². The van der Waals surface area contributed by atoms with E-state index in [2.05, 4.69) is 4.74 Å². The Hall–Kier alpha value is -0.770. The van der Waals surface area contributed by atoms with Crippen LogP contribution >= 0.6 is 0 Å². The molecule has 4 heteroatoms. The molecule has 0 atom stereocenters.